The summed E-state index contributed by atoms with van der Waals surface area (Å²) in [5.41, 5.74) is 4.09. The van der Waals surface area contributed by atoms with Gasteiger partial charge in [-0.15, -0.1) is 11.3 Å². The van der Waals surface area contributed by atoms with E-state index in [0.717, 1.165) is 23.0 Å². The minimum Gasteiger partial charge on any atom is -0.362 e. The van der Waals surface area contributed by atoms with Crippen LogP contribution in [0.15, 0.2) is 54.6 Å². The molecule has 1 atom stereocenters. The van der Waals surface area contributed by atoms with Gasteiger partial charge in [0.2, 0.25) is 0 Å². The van der Waals surface area contributed by atoms with Gasteiger partial charge in [-0.25, -0.2) is 18.4 Å². The van der Waals surface area contributed by atoms with Crippen LogP contribution in [0.25, 0.3) is 21.3 Å². The van der Waals surface area contributed by atoms with E-state index in [1.807, 2.05) is 25.1 Å². The van der Waals surface area contributed by atoms with Crippen LogP contribution in [-0.2, 0) is 22.1 Å². The van der Waals surface area contributed by atoms with Crippen LogP contribution < -0.4 is 5.32 Å². The van der Waals surface area contributed by atoms with Crippen molar-refractivity contribution in [3.05, 3.63) is 76.4 Å². The molecule has 0 aliphatic heterocycles. The van der Waals surface area contributed by atoms with E-state index >= 15 is 0 Å². The molecule has 0 aliphatic carbocycles. The van der Waals surface area contributed by atoms with Gasteiger partial charge in [-0.05, 0) is 68.9 Å². The van der Waals surface area contributed by atoms with Crippen LogP contribution in [0.1, 0.15) is 34.8 Å². The summed E-state index contributed by atoms with van der Waals surface area (Å²) in [7, 11) is 1.03. The molecule has 2 heterocycles. The second kappa shape index (κ2) is 9.82. The number of hydrogen-bond acceptors (Lipinski definition) is 7. The zero-order valence-corrected chi connectivity index (χ0v) is 21.8. The second-order valence-electron chi connectivity index (χ2n) is 9.00. The van der Waals surface area contributed by atoms with E-state index < -0.39 is 9.84 Å². The van der Waals surface area contributed by atoms with Crippen molar-refractivity contribution in [3.8, 4) is 10.4 Å². The van der Waals surface area contributed by atoms with Gasteiger partial charge in [-0.2, -0.15) is 0 Å². The number of thiophene rings is 1. The summed E-state index contributed by atoms with van der Waals surface area (Å²) in [4.78, 5) is 13.8. The standard InChI is InChI=1S/C26H30N4O2S2/c1-17(24-12-13-25(33-24)21-9-7-6-8-20(21)15-30(3)4)27-26-22-14-19(16-34(5,31)32)10-11-23(22)28-18(2)29-26/h6-14,17H,15-16H2,1-5H3,(H,27,28,29). The van der Waals surface area contributed by atoms with Gasteiger partial charge in [-0.1, -0.05) is 30.3 Å². The fourth-order valence-electron chi connectivity index (χ4n) is 4.04. The Morgan fingerprint density at radius 3 is 2.56 bits per heavy atom. The maximum Gasteiger partial charge on any atom is 0.151 e. The van der Waals surface area contributed by atoms with Gasteiger partial charge in [0, 0.05) is 27.9 Å². The topological polar surface area (TPSA) is 75.2 Å². The summed E-state index contributed by atoms with van der Waals surface area (Å²) in [5.74, 6) is 1.38. The van der Waals surface area contributed by atoms with Crippen LogP contribution in [0.5, 0.6) is 0 Å². The molecule has 0 saturated carbocycles. The Morgan fingerprint density at radius 2 is 1.82 bits per heavy atom. The van der Waals surface area contributed by atoms with Crippen LogP contribution in [0.3, 0.4) is 0 Å². The van der Waals surface area contributed by atoms with Crippen molar-refractivity contribution < 1.29 is 8.42 Å². The number of fused-ring (bicyclic) bond motifs is 1. The summed E-state index contributed by atoms with van der Waals surface area (Å²) in [5, 5.41) is 4.37. The smallest absolute Gasteiger partial charge is 0.151 e. The van der Waals surface area contributed by atoms with Gasteiger partial charge in [0.25, 0.3) is 0 Å². The number of sulfone groups is 1. The predicted octanol–water partition coefficient (Wildman–Crippen LogP) is 5.45. The fraction of sp³-hybridized carbons (Fsp3) is 0.308. The minimum absolute atomic E-state index is 0.00749. The maximum absolute atomic E-state index is 11.8. The average molecular weight is 495 g/mol. The van der Waals surface area contributed by atoms with Crippen LogP contribution in [0.4, 0.5) is 5.82 Å². The van der Waals surface area contributed by atoms with Crippen LogP contribution in [0, 0.1) is 6.92 Å². The number of nitrogens with one attached hydrogen (secondary N) is 1. The first kappa shape index (κ1) is 24.3. The summed E-state index contributed by atoms with van der Waals surface area (Å²) < 4.78 is 23.6. The summed E-state index contributed by atoms with van der Waals surface area (Å²) in [6.45, 7) is 4.87. The van der Waals surface area contributed by atoms with Crippen molar-refractivity contribution in [3.63, 3.8) is 0 Å². The molecule has 4 aromatic rings. The molecule has 0 fully saturated rings. The fourth-order valence-corrected chi connectivity index (χ4v) is 5.90. The van der Waals surface area contributed by atoms with Crippen LogP contribution in [-0.4, -0.2) is 43.6 Å². The van der Waals surface area contributed by atoms with E-state index in [1.54, 1.807) is 11.3 Å². The molecule has 34 heavy (non-hydrogen) atoms. The van der Waals surface area contributed by atoms with Crippen molar-refractivity contribution in [2.75, 3.05) is 25.7 Å². The molecule has 6 nitrogen and oxygen atoms in total. The number of hydrogen-bond donors (Lipinski definition) is 1. The van der Waals surface area contributed by atoms with Gasteiger partial charge >= 0.3 is 0 Å². The molecule has 2 aromatic carbocycles. The van der Waals surface area contributed by atoms with Crippen molar-refractivity contribution in [1.29, 1.82) is 0 Å². The highest BCUT2D eigenvalue weighted by molar-refractivity contribution is 7.89. The molecule has 0 bridgehead atoms. The summed E-state index contributed by atoms with van der Waals surface area (Å²) in [6.07, 6.45) is 1.25. The van der Waals surface area contributed by atoms with E-state index in [4.69, 9.17) is 0 Å². The Hall–Kier alpha value is -2.81. The molecule has 8 heteroatoms. The molecule has 4 rings (SSSR count). The first-order chi connectivity index (χ1) is 16.1. The Balaban J connectivity index is 1.64. The Bertz CT molecular complexity index is 1430. The molecule has 1 unspecified atom stereocenters. The van der Waals surface area contributed by atoms with Gasteiger partial charge in [0.15, 0.2) is 9.84 Å². The minimum atomic E-state index is -3.13. The van der Waals surface area contributed by atoms with E-state index in [0.29, 0.717) is 11.6 Å². The first-order valence-electron chi connectivity index (χ1n) is 11.1. The largest absolute Gasteiger partial charge is 0.362 e. The SMILES string of the molecule is Cc1nc(NC(C)c2ccc(-c3ccccc3CN(C)C)s2)c2cc(CS(C)(=O)=O)ccc2n1. The van der Waals surface area contributed by atoms with Crippen molar-refractivity contribution in [1.82, 2.24) is 14.9 Å². The molecule has 178 valence electrons. The van der Waals surface area contributed by atoms with Gasteiger partial charge in [0.05, 0.1) is 17.3 Å². The van der Waals surface area contributed by atoms with E-state index in [1.165, 1.54) is 27.1 Å². The van der Waals surface area contributed by atoms with Gasteiger partial charge < -0.3 is 10.2 Å². The number of benzene rings is 2. The van der Waals surface area contributed by atoms with E-state index in [9.17, 15) is 8.42 Å². The summed E-state index contributed by atoms with van der Waals surface area (Å²) >= 11 is 1.77. The Morgan fingerprint density at radius 1 is 1.06 bits per heavy atom. The van der Waals surface area contributed by atoms with Crippen LogP contribution >= 0.6 is 11.3 Å². The third-order valence-corrected chi connectivity index (χ3v) is 7.64. The van der Waals surface area contributed by atoms with E-state index in [-0.39, 0.29) is 11.8 Å². The number of aryl methyl sites for hydroxylation is 1. The second-order valence-corrected chi connectivity index (χ2v) is 12.3. The number of rotatable bonds is 8. The van der Waals surface area contributed by atoms with Crippen molar-refractivity contribution in [2.45, 2.75) is 32.2 Å². The molecule has 0 radical (unpaired) electrons. The molecular formula is C26H30N4O2S2. The third-order valence-electron chi connectivity index (χ3n) is 5.48. The Labute approximate surface area is 205 Å². The molecule has 0 amide bonds. The van der Waals surface area contributed by atoms with Crippen molar-refractivity contribution >= 4 is 37.9 Å². The zero-order valence-electron chi connectivity index (χ0n) is 20.2. The zero-order chi connectivity index (χ0) is 24.5. The molecular weight excluding hydrogens is 464 g/mol. The molecule has 0 aliphatic rings. The highest BCUT2D eigenvalue weighted by Gasteiger charge is 2.16. The van der Waals surface area contributed by atoms with Crippen LogP contribution in [0.2, 0.25) is 0 Å². The monoisotopic (exact) mass is 494 g/mol. The number of anilines is 1. The maximum atomic E-state index is 11.8. The third kappa shape index (κ3) is 5.81. The van der Waals surface area contributed by atoms with Gasteiger partial charge in [-0.3, -0.25) is 0 Å². The molecule has 1 N–H and O–H groups in total. The lowest BCUT2D eigenvalue weighted by Crippen LogP contribution is -2.11. The molecule has 2 aromatic heterocycles. The molecule has 0 spiro atoms. The average Bonchev–Trinajstić information content (AvgIpc) is 3.23. The predicted molar refractivity (Wildman–Crippen MR) is 142 cm³/mol. The quantitative estimate of drug-likeness (QED) is 0.351. The lowest BCUT2D eigenvalue weighted by molar-refractivity contribution is 0.403. The Kier molecular flexibility index (Phi) is 7.02. The van der Waals surface area contributed by atoms with Gasteiger partial charge in [0.1, 0.15) is 11.6 Å². The number of nitrogens with zero attached hydrogens (tertiary/aromatic N) is 3. The number of aromatic nitrogens is 2. The summed E-state index contributed by atoms with van der Waals surface area (Å²) in [6, 6.07) is 18.5. The first-order valence-corrected chi connectivity index (χ1v) is 14.0. The lowest BCUT2D eigenvalue weighted by atomic mass is 10.1. The highest BCUT2D eigenvalue weighted by atomic mass is 32.2. The normalized spacial score (nSPS) is 12.9. The van der Waals surface area contributed by atoms with Crippen molar-refractivity contribution in [2.24, 2.45) is 0 Å². The molecule has 0 saturated heterocycles. The van der Waals surface area contributed by atoms with E-state index in [2.05, 4.69) is 77.6 Å². The lowest BCUT2D eigenvalue weighted by Gasteiger charge is -2.16. The highest BCUT2D eigenvalue weighted by Crippen LogP contribution is 2.35.